The van der Waals surface area contributed by atoms with Crippen molar-refractivity contribution in [2.24, 2.45) is 11.3 Å². The second-order valence-corrected chi connectivity index (χ2v) is 6.50. The molecular weight excluding hydrogens is 260 g/mol. The topological polar surface area (TPSA) is 42.0 Å². The zero-order valence-corrected chi connectivity index (χ0v) is 12.7. The Morgan fingerprint density at radius 2 is 2.10 bits per heavy atom. The molecule has 1 aliphatic heterocycles. The Hall–Kier alpha value is -1.74. The van der Waals surface area contributed by atoms with Crippen LogP contribution < -0.4 is 5.32 Å². The summed E-state index contributed by atoms with van der Waals surface area (Å²) in [5.74, 6) is 0.596. The van der Waals surface area contributed by atoms with Crippen molar-refractivity contribution in [2.45, 2.75) is 26.7 Å². The number of carbonyl (C=O) groups is 1. The highest BCUT2D eigenvalue weighted by Crippen LogP contribution is 2.36. The van der Waals surface area contributed by atoms with Crippen LogP contribution in [-0.2, 0) is 0 Å². The van der Waals surface area contributed by atoms with Crippen molar-refractivity contribution in [1.29, 1.82) is 0 Å². The van der Waals surface area contributed by atoms with Gasteiger partial charge in [-0.15, -0.1) is 0 Å². The number of nitrogens with zero attached hydrogens (tertiary/aromatic N) is 1. The normalized spacial score (nSPS) is 19.6. The Labute approximate surface area is 125 Å². The molecule has 1 atom stereocenters. The molecule has 1 fully saturated rings. The molecule has 2 heterocycles. The van der Waals surface area contributed by atoms with Crippen molar-refractivity contribution in [2.75, 3.05) is 13.1 Å². The van der Waals surface area contributed by atoms with Crippen LogP contribution in [0.1, 0.15) is 37.0 Å². The third kappa shape index (κ3) is 2.58. The summed E-state index contributed by atoms with van der Waals surface area (Å²) in [5, 5.41) is 5.45. The molecule has 3 nitrogen and oxygen atoms in total. The summed E-state index contributed by atoms with van der Waals surface area (Å²) in [6, 6.07) is 7.98. The lowest BCUT2D eigenvalue weighted by Crippen LogP contribution is -2.42. The highest BCUT2D eigenvalue weighted by Gasteiger charge is 2.38. The van der Waals surface area contributed by atoms with Gasteiger partial charge in [-0.1, -0.05) is 38.1 Å². The van der Waals surface area contributed by atoms with Gasteiger partial charge < -0.3 is 5.32 Å². The maximum atomic E-state index is 13.1. The minimum atomic E-state index is -0.362. The van der Waals surface area contributed by atoms with Gasteiger partial charge in [0.1, 0.15) is 0 Å². The van der Waals surface area contributed by atoms with Crippen LogP contribution in [0.25, 0.3) is 10.8 Å². The molecule has 0 aliphatic carbocycles. The van der Waals surface area contributed by atoms with Crippen LogP contribution in [0.15, 0.2) is 36.7 Å². The molecule has 2 aromatic rings. The molecule has 1 aliphatic rings. The van der Waals surface area contributed by atoms with E-state index >= 15 is 0 Å². The number of pyridine rings is 1. The van der Waals surface area contributed by atoms with Crippen LogP contribution in [-0.4, -0.2) is 23.9 Å². The van der Waals surface area contributed by atoms with Crippen LogP contribution in [0.3, 0.4) is 0 Å². The molecule has 21 heavy (non-hydrogen) atoms. The van der Waals surface area contributed by atoms with E-state index < -0.39 is 0 Å². The van der Waals surface area contributed by atoms with Gasteiger partial charge in [-0.3, -0.25) is 9.78 Å². The van der Waals surface area contributed by atoms with Gasteiger partial charge in [-0.25, -0.2) is 0 Å². The van der Waals surface area contributed by atoms with Crippen molar-refractivity contribution in [3.63, 3.8) is 0 Å². The van der Waals surface area contributed by atoms with Crippen molar-refractivity contribution in [3.8, 4) is 0 Å². The van der Waals surface area contributed by atoms with Crippen LogP contribution in [0.4, 0.5) is 0 Å². The lowest BCUT2D eigenvalue weighted by molar-refractivity contribution is 0.0710. The summed E-state index contributed by atoms with van der Waals surface area (Å²) >= 11 is 0. The molecule has 1 aromatic carbocycles. The lowest BCUT2D eigenvalue weighted by Gasteiger charge is -2.36. The zero-order chi connectivity index (χ0) is 14.9. The van der Waals surface area contributed by atoms with E-state index in [1.54, 1.807) is 6.20 Å². The predicted octanol–water partition coefficient (Wildman–Crippen LogP) is 3.44. The summed E-state index contributed by atoms with van der Waals surface area (Å²) in [5.41, 5.74) is 0.392. The molecular formula is C18H22N2O. The maximum Gasteiger partial charge on any atom is 0.170 e. The van der Waals surface area contributed by atoms with Crippen LogP contribution in [0.5, 0.6) is 0 Å². The van der Waals surface area contributed by atoms with E-state index in [1.807, 2.05) is 30.5 Å². The third-order valence-electron chi connectivity index (χ3n) is 4.82. The summed E-state index contributed by atoms with van der Waals surface area (Å²) in [7, 11) is 0. The molecule has 1 saturated heterocycles. The van der Waals surface area contributed by atoms with Gasteiger partial charge >= 0.3 is 0 Å². The number of aromatic nitrogens is 1. The molecule has 3 heteroatoms. The summed E-state index contributed by atoms with van der Waals surface area (Å²) in [6.45, 7) is 6.15. The van der Waals surface area contributed by atoms with E-state index in [4.69, 9.17) is 0 Å². The van der Waals surface area contributed by atoms with E-state index in [0.29, 0.717) is 5.92 Å². The van der Waals surface area contributed by atoms with Gasteiger partial charge in [0.05, 0.1) is 0 Å². The maximum absolute atomic E-state index is 13.1. The number of hydrogen-bond acceptors (Lipinski definition) is 3. The molecule has 0 amide bonds. The van der Waals surface area contributed by atoms with Gasteiger partial charge in [0.2, 0.25) is 0 Å². The second kappa shape index (κ2) is 5.57. The first kappa shape index (κ1) is 14.2. The summed E-state index contributed by atoms with van der Waals surface area (Å²) < 4.78 is 0. The first-order chi connectivity index (χ1) is 10.1. The van der Waals surface area contributed by atoms with E-state index in [0.717, 1.165) is 42.3 Å². The van der Waals surface area contributed by atoms with E-state index in [1.165, 1.54) is 0 Å². The van der Waals surface area contributed by atoms with Crippen molar-refractivity contribution < 1.29 is 4.79 Å². The standard InChI is InChI=1S/C18H22N2O/c1-18(2,14-7-5-9-19-11-14)17(21)16-12-20-10-13-6-3-4-8-15(13)16/h3-4,6,8,10,12,14,19H,5,7,9,11H2,1-2H3. The highest BCUT2D eigenvalue weighted by molar-refractivity contribution is 6.10. The average molecular weight is 282 g/mol. The largest absolute Gasteiger partial charge is 0.316 e. The van der Waals surface area contributed by atoms with Crippen molar-refractivity contribution in [1.82, 2.24) is 10.3 Å². The highest BCUT2D eigenvalue weighted by atomic mass is 16.1. The fourth-order valence-corrected chi connectivity index (χ4v) is 3.30. The number of ketones is 1. The first-order valence-electron chi connectivity index (χ1n) is 7.69. The molecule has 1 N–H and O–H groups in total. The molecule has 1 aromatic heterocycles. The zero-order valence-electron chi connectivity index (χ0n) is 12.7. The van der Waals surface area contributed by atoms with E-state index in [9.17, 15) is 4.79 Å². The molecule has 1 unspecified atom stereocenters. The molecule has 3 rings (SSSR count). The second-order valence-electron chi connectivity index (χ2n) is 6.50. The fourth-order valence-electron chi connectivity index (χ4n) is 3.30. The lowest BCUT2D eigenvalue weighted by atomic mass is 9.70. The minimum absolute atomic E-state index is 0.209. The van der Waals surface area contributed by atoms with Gasteiger partial charge in [0.25, 0.3) is 0 Å². The van der Waals surface area contributed by atoms with Crippen molar-refractivity contribution >= 4 is 16.6 Å². The number of piperidine rings is 1. The molecule has 0 bridgehead atoms. The van der Waals surface area contributed by atoms with Crippen molar-refractivity contribution in [3.05, 3.63) is 42.2 Å². The van der Waals surface area contributed by atoms with Gasteiger partial charge in [-0.2, -0.15) is 0 Å². The quantitative estimate of drug-likeness (QED) is 0.877. The number of rotatable bonds is 3. The van der Waals surface area contributed by atoms with Gasteiger partial charge in [-0.05, 0) is 37.2 Å². The van der Waals surface area contributed by atoms with Gasteiger partial charge in [0, 0.05) is 28.8 Å². The van der Waals surface area contributed by atoms with Crippen LogP contribution in [0, 0.1) is 11.3 Å². The molecule has 110 valence electrons. The number of fused-ring (bicyclic) bond motifs is 1. The fraction of sp³-hybridized carbons (Fsp3) is 0.444. The monoisotopic (exact) mass is 282 g/mol. The van der Waals surface area contributed by atoms with Gasteiger partial charge in [0.15, 0.2) is 5.78 Å². The van der Waals surface area contributed by atoms with E-state index in [-0.39, 0.29) is 11.2 Å². The predicted molar refractivity (Wildman–Crippen MR) is 85.4 cm³/mol. The minimum Gasteiger partial charge on any atom is -0.316 e. The SMILES string of the molecule is CC(C)(C(=O)c1cncc2ccccc12)C1CCCNC1. The number of carbonyl (C=O) groups excluding carboxylic acids is 1. The molecule has 0 radical (unpaired) electrons. The Bertz CT molecular complexity index is 652. The molecule has 0 spiro atoms. The Morgan fingerprint density at radius 1 is 1.29 bits per heavy atom. The van der Waals surface area contributed by atoms with E-state index in [2.05, 4.69) is 24.1 Å². The summed E-state index contributed by atoms with van der Waals surface area (Å²) in [4.78, 5) is 17.4. The first-order valence-corrected chi connectivity index (χ1v) is 7.69. The summed E-state index contributed by atoms with van der Waals surface area (Å²) in [6.07, 6.45) is 5.81. The Morgan fingerprint density at radius 3 is 2.86 bits per heavy atom. The average Bonchev–Trinajstić information content (AvgIpc) is 2.54. The number of nitrogens with one attached hydrogen (secondary N) is 1. The third-order valence-corrected chi connectivity index (χ3v) is 4.82. The number of benzene rings is 1. The Kier molecular flexibility index (Phi) is 3.77. The molecule has 0 saturated carbocycles. The number of hydrogen-bond donors (Lipinski definition) is 1. The van der Waals surface area contributed by atoms with Crippen LogP contribution in [0.2, 0.25) is 0 Å². The Balaban J connectivity index is 1.99. The smallest absolute Gasteiger partial charge is 0.170 e. The van der Waals surface area contributed by atoms with Crippen LogP contribution >= 0.6 is 0 Å². The number of Topliss-reactive ketones (excluding diaryl/α,β-unsaturated/α-hetero) is 1.